The smallest absolute Gasteiger partial charge is 0.416 e. The fourth-order valence-electron chi connectivity index (χ4n) is 1.66. The van der Waals surface area contributed by atoms with Gasteiger partial charge in [0.15, 0.2) is 0 Å². The van der Waals surface area contributed by atoms with Crippen molar-refractivity contribution < 1.29 is 27.5 Å². The van der Waals surface area contributed by atoms with Gasteiger partial charge in [-0.2, -0.15) is 13.2 Å². The molecule has 1 aromatic heterocycles. The first-order valence-electron chi connectivity index (χ1n) is 5.30. The molecule has 0 saturated carbocycles. The molecule has 100 valence electrons. The highest BCUT2D eigenvalue weighted by molar-refractivity contribution is 5.85. The van der Waals surface area contributed by atoms with Crippen LogP contribution in [0.2, 0.25) is 0 Å². The van der Waals surface area contributed by atoms with Crippen LogP contribution >= 0.6 is 0 Å². The predicted molar refractivity (Wildman–Crippen MR) is 60.8 cm³/mol. The number of hydrogen-bond acceptors (Lipinski definition) is 2. The molecule has 0 aliphatic rings. The first-order valence-corrected chi connectivity index (χ1v) is 5.30. The van der Waals surface area contributed by atoms with Gasteiger partial charge in [0.25, 0.3) is 0 Å². The quantitative estimate of drug-likeness (QED) is 0.898. The number of furan rings is 1. The molecule has 2 aromatic rings. The standard InChI is InChI=1S/C13H9F3O3/c1-7-2-3-8(13(14,15)16)6-9(7)10-4-5-11(19-10)12(17)18/h2-6H,1H3,(H,17,18). The van der Waals surface area contributed by atoms with Crippen LogP contribution in [0.1, 0.15) is 21.7 Å². The van der Waals surface area contributed by atoms with Crippen LogP contribution in [0.25, 0.3) is 11.3 Å². The van der Waals surface area contributed by atoms with Gasteiger partial charge in [-0.15, -0.1) is 0 Å². The average molecular weight is 270 g/mol. The molecule has 1 heterocycles. The van der Waals surface area contributed by atoms with Gasteiger partial charge >= 0.3 is 12.1 Å². The molecule has 0 bridgehead atoms. The Hall–Kier alpha value is -2.24. The van der Waals surface area contributed by atoms with Gasteiger partial charge in [-0.3, -0.25) is 0 Å². The summed E-state index contributed by atoms with van der Waals surface area (Å²) in [6.45, 7) is 1.62. The number of rotatable bonds is 2. The van der Waals surface area contributed by atoms with Gasteiger partial charge in [-0.05, 0) is 36.8 Å². The van der Waals surface area contributed by atoms with Crippen molar-refractivity contribution in [3.05, 3.63) is 47.2 Å². The Bertz CT molecular complexity index is 626. The molecule has 0 fully saturated rings. The number of aryl methyl sites for hydroxylation is 1. The fraction of sp³-hybridized carbons (Fsp3) is 0.154. The van der Waals surface area contributed by atoms with Crippen molar-refractivity contribution in [2.75, 3.05) is 0 Å². The lowest BCUT2D eigenvalue weighted by molar-refractivity contribution is -0.137. The Balaban J connectivity index is 2.51. The molecule has 0 atom stereocenters. The molecule has 0 radical (unpaired) electrons. The molecule has 0 aliphatic carbocycles. The van der Waals surface area contributed by atoms with Crippen LogP contribution in [0, 0.1) is 6.92 Å². The van der Waals surface area contributed by atoms with E-state index in [1.165, 1.54) is 18.2 Å². The molecule has 0 saturated heterocycles. The van der Waals surface area contributed by atoms with Crippen LogP contribution in [0.5, 0.6) is 0 Å². The number of alkyl halides is 3. The molecule has 2 rings (SSSR count). The summed E-state index contributed by atoms with van der Waals surface area (Å²) >= 11 is 0. The van der Waals surface area contributed by atoms with Crippen LogP contribution in [-0.4, -0.2) is 11.1 Å². The third-order valence-corrected chi connectivity index (χ3v) is 2.65. The van der Waals surface area contributed by atoms with Gasteiger partial charge in [0.05, 0.1) is 5.56 Å². The first kappa shape index (κ1) is 13.2. The van der Waals surface area contributed by atoms with Crippen molar-refractivity contribution in [1.82, 2.24) is 0 Å². The lowest BCUT2D eigenvalue weighted by atomic mass is 10.0. The van der Waals surface area contributed by atoms with Crippen molar-refractivity contribution in [3.8, 4) is 11.3 Å². The maximum atomic E-state index is 12.6. The Kier molecular flexibility index (Phi) is 3.09. The summed E-state index contributed by atoms with van der Waals surface area (Å²) in [5, 5.41) is 8.72. The number of aromatic carboxylic acids is 1. The van der Waals surface area contributed by atoms with E-state index in [1.807, 2.05) is 0 Å². The second-order valence-corrected chi connectivity index (χ2v) is 4.00. The van der Waals surface area contributed by atoms with Gasteiger partial charge < -0.3 is 9.52 Å². The molecular weight excluding hydrogens is 261 g/mol. The van der Waals surface area contributed by atoms with E-state index in [1.54, 1.807) is 6.92 Å². The number of halogens is 3. The second kappa shape index (κ2) is 4.46. The van der Waals surface area contributed by atoms with E-state index in [9.17, 15) is 18.0 Å². The van der Waals surface area contributed by atoms with Crippen LogP contribution < -0.4 is 0 Å². The Morgan fingerprint density at radius 1 is 1.21 bits per heavy atom. The maximum absolute atomic E-state index is 12.6. The number of carboxylic acids is 1. The summed E-state index contributed by atoms with van der Waals surface area (Å²) in [5.41, 5.74) is -0.0111. The van der Waals surface area contributed by atoms with Crippen LogP contribution in [0.4, 0.5) is 13.2 Å². The van der Waals surface area contributed by atoms with Crippen LogP contribution in [0.15, 0.2) is 34.7 Å². The molecule has 1 N–H and O–H groups in total. The maximum Gasteiger partial charge on any atom is 0.416 e. The minimum atomic E-state index is -4.45. The molecule has 0 unspecified atom stereocenters. The van der Waals surface area contributed by atoms with E-state index in [4.69, 9.17) is 9.52 Å². The highest BCUT2D eigenvalue weighted by atomic mass is 19.4. The van der Waals surface area contributed by atoms with Crippen LogP contribution in [0.3, 0.4) is 0 Å². The van der Waals surface area contributed by atoms with Gasteiger partial charge in [0.2, 0.25) is 5.76 Å². The fourth-order valence-corrected chi connectivity index (χ4v) is 1.66. The van der Waals surface area contributed by atoms with E-state index in [0.29, 0.717) is 5.56 Å². The molecule has 1 aromatic carbocycles. The van der Waals surface area contributed by atoms with Gasteiger partial charge in [0, 0.05) is 5.56 Å². The van der Waals surface area contributed by atoms with Crippen molar-refractivity contribution in [1.29, 1.82) is 0 Å². The third kappa shape index (κ3) is 2.62. The third-order valence-electron chi connectivity index (χ3n) is 2.65. The minimum Gasteiger partial charge on any atom is -0.475 e. The largest absolute Gasteiger partial charge is 0.475 e. The summed E-state index contributed by atoms with van der Waals surface area (Å²) in [7, 11) is 0. The second-order valence-electron chi connectivity index (χ2n) is 4.00. The average Bonchev–Trinajstić information content (AvgIpc) is 2.77. The predicted octanol–water partition coefficient (Wildman–Crippen LogP) is 3.97. The van der Waals surface area contributed by atoms with E-state index in [0.717, 1.165) is 12.1 Å². The summed E-state index contributed by atoms with van der Waals surface area (Å²) in [5.74, 6) is -1.48. The first-order chi connectivity index (χ1) is 8.79. The van der Waals surface area contributed by atoms with Crippen molar-refractivity contribution in [2.45, 2.75) is 13.1 Å². The lowest BCUT2D eigenvalue weighted by Crippen LogP contribution is -2.05. The molecule has 6 heteroatoms. The van der Waals surface area contributed by atoms with Gasteiger partial charge in [-0.1, -0.05) is 6.07 Å². The molecular formula is C13H9F3O3. The summed E-state index contributed by atoms with van der Waals surface area (Å²) in [6, 6.07) is 5.78. The molecule has 0 amide bonds. The monoisotopic (exact) mass is 270 g/mol. The van der Waals surface area contributed by atoms with Gasteiger partial charge in [-0.25, -0.2) is 4.79 Å². The number of hydrogen-bond donors (Lipinski definition) is 1. The lowest BCUT2D eigenvalue weighted by Gasteiger charge is -2.09. The number of carboxylic acid groups (broad SMARTS) is 1. The summed E-state index contributed by atoms with van der Waals surface area (Å²) in [4.78, 5) is 10.7. The Labute approximate surface area is 106 Å². The van der Waals surface area contributed by atoms with E-state index in [-0.39, 0.29) is 17.1 Å². The molecule has 0 spiro atoms. The number of carbonyl (C=O) groups is 1. The highest BCUT2D eigenvalue weighted by Gasteiger charge is 2.31. The topological polar surface area (TPSA) is 50.4 Å². The normalized spacial score (nSPS) is 11.6. The molecule has 3 nitrogen and oxygen atoms in total. The molecule has 0 aliphatic heterocycles. The number of benzene rings is 1. The van der Waals surface area contributed by atoms with Crippen molar-refractivity contribution in [2.24, 2.45) is 0 Å². The van der Waals surface area contributed by atoms with E-state index >= 15 is 0 Å². The van der Waals surface area contributed by atoms with E-state index in [2.05, 4.69) is 0 Å². The zero-order valence-electron chi connectivity index (χ0n) is 9.78. The van der Waals surface area contributed by atoms with Crippen molar-refractivity contribution >= 4 is 5.97 Å². The summed E-state index contributed by atoms with van der Waals surface area (Å²) in [6.07, 6.45) is -4.45. The van der Waals surface area contributed by atoms with E-state index < -0.39 is 17.7 Å². The zero-order valence-corrected chi connectivity index (χ0v) is 9.78. The van der Waals surface area contributed by atoms with Crippen LogP contribution in [-0.2, 0) is 6.18 Å². The zero-order chi connectivity index (χ0) is 14.2. The van der Waals surface area contributed by atoms with Gasteiger partial charge in [0.1, 0.15) is 5.76 Å². The minimum absolute atomic E-state index is 0.0981. The molecule has 19 heavy (non-hydrogen) atoms. The van der Waals surface area contributed by atoms with Crippen molar-refractivity contribution in [3.63, 3.8) is 0 Å². The highest BCUT2D eigenvalue weighted by Crippen LogP contribution is 2.34. The Morgan fingerprint density at radius 3 is 2.42 bits per heavy atom. The Morgan fingerprint density at radius 2 is 1.89 bits per heavy atom. The summed E-state index contributed by atoms with van der Waals surface area (Å²) < 4.78 is 42.9. The SMILES string of the molecule is Cc1ccc(C(F)(F)F)cc1-c1ccc(C(=O)O)o1.